The first-order valence-corrected chi connectivity index (χ1v) is 4.57. The second-order valence-electron chi connectivity index (χ2n) is 2.71. The summed E-state index contributed by atoms with van der Waals surface area (Å²) in [4.78, 5) is 8.04. The molecule has 0 bridgehead atoms. The van der Waals surface area contributed by atoms with Crippen LogP contribution in [0.4, 0.5) is 0 Å². The van der Waals surface area contributed by atoms with E-state index in [1.165, 1.54) is 6.20 Å². The first kappa shape index (κ1) is 9.94. The molecule has 0 aromatic carbocycles. The van der Waals surface area contributed by atoms with Crippen LogP contribution in [-0.4, -0.2) is 9.97 Å². The molecule has 0 unspecified atom stereocenters. The SMILES string of the molecule is CCCCc1ncc(C#N)c(Cl)n1. The third-order valence-corrected chi connectivity index (χ3v) is 1.95. The van der Waals surface area contributed by atoms with Crippen molar-refractivity contribution < 1.29 is 0 Å². The lowest BCUT2D eigenvalue weighted by Gasteiger charge is -1.98. The molecule has 0 aliphatic heterocycles. The van der Waals surface area contributed by atoms with Gasteiger partial charge in [0.15, 0.2) is 5.15 Å². The van der Waals surface area contributed by atoms with E-state index < -0.39 is 0 Å². The maximum absolute atomic E-state index is 8.57. The van der Waals surface area contributed by atoms with Crippen LogP contribution >= 0.6 is 11.6 Å². The number of hydrogen-bond donors (Lipinski definition) is 0. The molecule has 4 heteroatoms. The van der Waals surface area contributed by atoms with Crippen LogP contribution in [-0.2, 0) is 6.42 Å². The number of nitrogens with zero attached hydrogens (tertiary/aromatic N) is 3. The Kier molecular flexibility index (Phi) is 3.66. The molecule has 1 aromatic rings. The van der Waals surface area contributed by atoms with E-state index in [2.05, 4.69) is 16.9 Å². The van der Waals surface area contributed by atoms with E-state index >= 15 is 0 Å². The molecular weight excluding hydrogens is 186 g/mol. The molecule has 0 radical (unpaired) electrons. The Morgan fingerprint density at radius 3 is 2.92 bits per heavy atom. The van der Waals surface area contributed by atoms with Gasteiger partial charge in [-0.15, -0.1) is 0 Å². The normalized spacial score (nSPS) is 9.62. The van der Waals surface area contributed by atoms with Gasteiger partial charge in [-0.2, -0.15) is 5.26 Å². The first-order valence-electron chi connectivity index (χ1n) is 4.19. The predicted octanol–water partition coefficient (Wildman–Crippen LogP) is 2.34. The van der Waals surface area contributed by atoms with Gasteiger partial charge < -0.3 is 0 Å². The summed E-state index contributed by atoms with van der Waals surface area (Å²) in [6.45, 7) is 2.10. The van der Waals surface area contributed by atoms with E-state index in [-0.39, 0.29) is 5.15 Å². The molecule has 13 heavy (non-hydrogen) atoms. The molecule has 0 fully saturated rings. The third kappa shape index (κ3) is 2.67. The monoisotopic (exact) mass is 195 g/mol. The first-order chi connectivity index (χ1) is 6.27. The largest absolute Gasteiger partial charge is 0.240 e. The van der Waals surface area contributed by atoms with Gasteiger partial charge in [-0.05, 0) is 6.42 Å². The van der Waals surface area contributed by atoms with Gasteiger partial charge in [0.25, 0.3) is 0 Å². The molecule has 0 atom stereocenters. The predicted molar refractivity (Wildman–Crippen MR) is 50.4 cm³/mol. The van der Waals surface area contributed by atoms with Crippen molar-refractivity contribution in [2.75, 3.05) is 0 Å². The number of rotatable bonds is 3. The highest BCUT2D eigenvalue weighted by Crippen LogP contribution is 2.11. The van der Waals surface area contributed by atoms with Gasteiger partial charge in [-0.1, -0.05) is 24.9 Å². The van der Waals surface area contributed by atoms with Crippen LogP contribution in [0.3, 0.4) is 0 Å². The summed E-state index contributed by atoms with van der Waals surface area (Å²) < 4.78 is 0. The smallest absolute Gasteiger partial charge is 0.150 e. The third-order valence-electron chi connectivity index (χ3n) is 1.67. The zero-order valence-electron chi connectivity index (χ0n) is 7.42. The van der Waals surface area contributed by atoms with Crippen molar-refractivity contribution in [1.82, 2.24) is 9.97 Å². The Bertz CT molecular complexity index is 330. The minimum atomic E-state index is 0.253. The van der Waals surface area contributed by atoms with Crippen LogP contribution in [0.5, 0.6) is 0 Å². The minimum Gasteiger partial charge on any atom is -0.240 e. The summed E-state index contributed by atoms with van der Waals surface area (Å²) >= 11 is 5.73. The second kappa shape index (κ2) is 4.78. The molecule has 0 N–H and O–H groups in total. The van der Waals surface area contributed by atoms with Crippen LogP contribution in [0, 0.1) is 11.3 Å². The van der Waals surface area contributed by atoms with Crippen molar-refractivity contribution in [2.24, 2.45) is 0 Å². The van der Waals surface area contributed by atoms with Crippen LogP contribution in [0.2, 0.25) is 5.15 Å². The molecule has 0 saturated heterocycles. The summed E-state index contributed by atoms with van der Waals surface area (Å²) in [5.41, 5.74) is 0.335. The molecule has 0 spiro atoms. The Morgan fingerprint density at radius 1 is 1.62 bits per heavy atom. The average molecular weight is 196 g/mol. The minimum absolute atomic E-state index is 0.253. The number of unbranched alkanes of at least 4 members (excludes halogenated alkanes) is 1. The van der Waals surface area contributed by atoms with Crippen molar-refractivity contribution in [3.63, 3.8) is 0 Å². The van der Waals surface area contributed by atoms with Crippen molar-refractivity contribution in [2.45, 2.75) is 26.2 Å². The highest BCUT2D eigenvalue weighted by Gasteiger charge is 2.03. The lowest BCUT2D eigenvalue weighted by Crippen LogP contribution is -1.96. The molecular formula is C9H10ClN3. The Morgan fingerprint density at radius 2 is 2.38 bits per heavy atom. The zero-order valence-corrected chi connectivity index (χ0v) is 8.17. The zero-order chi connectivity index (χ0) is 9.68. The summed E-state index contributed by atoms with van der Waals surface area (Å²) in [5, 5.41) is 8.82. The molecule has 1 aromatic heterocycles. The summed E-state index contributed by atoms with van der Waals surface area (Å²) in [6.07, 6.45) is 4.44. The van der Waals surface area contributed by atoms with Crippen LogP contribution < -0.4 is 0 Å². The van der Waals surface area contributed by atoms with Crippen molar-refractivity contribution in [3.05, 3.63) is 22.7 Å². The Hall–Kier alpha value is -1.14. The maximum atomic E-state index is 8.57. The topological polar surface area (TPSA) is 49.6 Å². The Balaban J connectivity index is 2.79. The van der Waals surface area contributed by atoms with Gasteiger partial charge in [0.2, 0.25) is 0 Å². The number of aromatic nitrogens is 2. The standard InChI is InChI=1S/C9H10ClN3/c1-2-3-4-8-12-6-7(5-11)9(10)13-8/h6H,2-4H2,1H3. The van der Waals surface area contributed by atoms with Gasteiger partial charge in [-0.25, -0.2) is 9.97 Å². The van der Waals surface area contributed by atoms with E-state index in [0.717, 1.165) is 19.3 Å². The molecule has 0 amide bonds. The fraction of sp³-hybridized carbons (Fsp3) is 0.444. The summed E-state index contributed by atoms with van der Waals surface area (Å²) in [7, 11) is 0. The van der Waals surface area contributed by atoms with E-state index in [1.807, 2.05) is 6.07 Å². The average Bonchev–Trinajstić information content (AvgIpc) is 2.15. The van der Waals surface area contributed by atoms with Crippen molar-refractivity contribution in [1.29, 1.82) is 5.26 Å². The van der Waals surface area contributed by atoms with Gasteiger partial charge in [0.05, 0.1) is 0 Å². The number of hydrogen-bond acceptors (Lipinski definition) is 3. The Labute approximate surface area is 82.4 Å². The van der Waals surface area contributed by atoms with E-state index in [4.69, 9.17) is 16.9 Å². The number of nitriles is 1. The van der Waals surface area contributed by atoms with Gasteiger partial charge in [0.1, 0.15) is 17.5 Å². The molecule has 3 nitrogen and oxygen atoms in total. The number of halogens is 1. The summed E-state index contributed by atoms with van der Waals surface area (Å²) in [5.74, 6) is 0.714. The van der Waals surface area contributed by atoms with Crippen LogP contribution in [0.1, 0.15) is 31.2 Å². The van der Waals surface area contributed by atoms with Gasteiger partial charge in [0, 0.05) is 12.6 Å². The van der Waals surface area contributed by atoms with E-state index in [1.54, 1.807) is 0 Å². The highest BCUT2D eigenvalue weighted by molar-refractivity contribution is 6.30. The molecule has 1 heterocycles. The summed E-state index contributed by atoms with van der Waals surface area (Å²) in [6, 6.07) is 1.92. The van der Waals surface area contributed by atoms with E-state index in [9.17, 15) is 0 Å². The van der Waals surface area contributed by atoms with Crippen molar-refractivity contribution in [3.8, 4) is 6.07 Å². The lowest BCUT2D eigenvalue weighted by atomic mass is 10.2. The highest BCUT2D eigenvalue weighted by atomic mass is 35.5. The molecule has 68 valence electrons. The fourth-order valence-electron chi connectivity index (χ4n) is 0.925. The molecule has 0 aliphatic carbocycles. The second-order valence-corrected chi connectivity index (χ2v) is 3.06. The maximum Gasteiger partial charge on any atom is 0.150 e. The number of aryl methyl sites for hydroxylation is 1. The molecule has 0 saturated carbocycles. The fourth-order valence-corrected chi connectivity index (χ4v) is 1.11. The van der Waals surface area contributed by atoms with Crippen LogP contribution in [0.25, 0.3) is 0 Å². The molecule has 0 aliphatic rings. The molecule has 1 rings (SSSR count). The lowest BCUT2D eigenvalue weighted by molar-refractivity contribution is 0.751. The van der Waals surface area contributed by atoms with Gasteiger partial charge in [-0.3, -0.25) is 0 Å². The van der Waals surface area contributed by atoms with Gasteiger partial charge >= 0.3 is 0 Å². The quantitative estimate of drug-likeness (QED) is 0.696. The van der Waals surface area contributed by atoms with Crippen LogP contribution in [0.15, 0.2) is 6.20 Å². The van der Waals surface area contributed by atoms with E-state index in [0.29, 0.717) is 11.4 Å². The van der Waals surface area contributed by atoms with Crippen molar-refractivity contribution >= 4 is 11.6 Å².